The van der Waals surface area contributed by atoms with E-state index in [1.54, 1.807) is 6.07 Å². The summed E-state index contributed by atoms with van der Waals surface area (Å²) < 4.78 is 4.37. The monoisotopic (exact) mass is 219 g/mol. The number of pyridine rings is 1. The van der Waals surface area contributed by atoms with Crippen LogP contribution in [0, 0.1) is 6.92 Å². The number of nitrogens with one attached hydrogen (secondary N) is 1. The van der Waals surface area contributed by atoms with Crippen LogP contribution in [0.2, 0.25) is 0 Å². The third-order valence-electron chi connectivity index (χ3n) is 2.16. The second-order valence-corrected chi connectivity index (χ2v) is 3.42. The molecule has 1 heterocycles. The number of rotatable bonds is 1. The molecule has 2 N–H and O–H groups in total. The number of aryl methyl sites for hydroxylation is 1. The molecule has 0 saturated carbocycles. The second-order valence-electron chi connectivity index (χ2n) is 3.42. The Morgan fingerprint density at radius 1 is 1.38 bits per heavy atom. The molecule has 0 saturated heterocycles. The molecule has 0 bridgehead atoms. The van der Waals surface area contributed by atoms with Gasteiger partial charge in [0, 0.05) is 10.9 Å². The Labute approximate surface area is 90.3 Å². The average molecular weight is 219 g/mol. The maximum absolute atomic E-state index is 11.4. The normalized spacial score (nSPS) is 10.3. The lowest BCUT2D eigenvalue weighted by Crippen LogP contribution is -2.14. The van der Waals surface area contributed by atoms with E-state index in [2.05, 4.69) is 9.72 Å². The number of aromatic amines is 1. The molecule has 0 amide bonds. The molecule has 0 aliphatic carbocycles. The van der Waals surface area contributed by atoms with E-state index in [0.717, 1.165) is 10.9 Å². The van der Waals surface area contributed by atoms with Crippen molar-refractivity contribution in [2.75, 3.05) is 0 Å². The number of aromatic nitrogens is 1. The van der Waals surface area contributed by atoms with E-state index >= 15 is 0 Å². The van der Waals surface area contributed by atoms with E-state index in [-0.39, 0.29) is 5.75 Å². The summed E-state index contributed by atoms with van der Waals surface area (Å²) in [6, 6.07) is 6.86. The van der Waals surface area contributed by atoms with Gasteiger partial charge in [-0.25, -0.2) is 4.79 Å². The lowest BCUT2D eigenvalue weighted by atomic mass is 10.1. The highest BCUT2D eigenvalue weighted by molar-refractivity contribution is 5.80. The van der Waals surface area contributed by atoms with Crippen molar-refractivity contribution in [3.8, 4) is 5.75 Å². The minimum Gasteiger partial charge on any atom is -0.449 e. The largest absolute Gasteiger partial charge is 0.511 e. The van der Waals surface area contributed by atoms with Gasteiger partial charge in [0.2, 0.25) is 0 Å². The van der Waals surface area contributed by atoms with Gasteiger partial charge in [0.25, 0.3) is 5.56 Å². The number of benzene rings is 1. The smallest absolute Gasteiger partial charge is 0.449 e. The summed E-state index contributed by atoms with van der Waals surface area (Å²) in [7, 11) is 0. The number of hydrogen-bond acceptors (Lipinski definition) is 3. The fourth-order valence-electron chi connectivity index (χ4n) is 1.48. The van der Waals surface area contributed by atoms with E-state index in [0.29, 0.717) is 5.52 Å². The maximum atomic E-state index is 11.4. The van der Waals surface area contributed by atoms with Crippen molar-refractivity contribution < 1.29 is 14.6 Å². The average Bonchev–Trinajstić information content (AvgIpc) is 2.19. The first-order valence-electron chi connectivity index (χ1n) is 4.61. The fraction of sp³-hybridized carbons (Fsp3) is 0.0909. The van der Waals surface area contributed by atoms with E-state index in [4.69, 9.17) is 5.11 Å². The van der Waals surface area contributed by atoms with Gasteiger partial charge in [-0.15, -0.1) is 0 Å². The Morgan fingerprint density at radius 2 is 2.12 bits per heavy atom. The number of H-pyrrole nitrogens is 1. The van der Waals surface area contributed by atoms with Crippen LogP contribution in [0.25, 0.3) is 10.9 Å². The van der Waals surface area contributed by atoms with Crippen molar-refractivity contribution in [1.82, 2.24) is 4.98 Å². The third kappa shape index (κ3) is 1.88. The highest BCUT2D eigenvalue weighted by atomic mass is 16.7. The number of hydrogen-bond donors (Lipinski definition) is 2. The molecule has 5 nitrogen and oxygen atoms in total. The molecule has 1 aromatic heterocycles. The number of ether oxygens (including phenoxy) is 1. The first-order valence-corrected chi connectivity index (χ1v) is 4.61. The van der Waals surface area contributed by atoms with Gasteiger partial charge in [-0.2, -0.15) is 0 Å². The van der Waals surface area contributed by atoms with Gasteiger partial charge in [-0.1, -0.05) is 11.6 Å². The van der Waals surface area contributed by atoms with Gasteiger partial charge in [0.15, 0.2) is 5.75 Å². The van der Waals surface area contributed by atoms with Crippen LogP contribution in [-0.2, 0) is 0 Å². The Kier molecular flexibility index (Phi) is 2.36. The van der Waals surface area contributed by atoms with Crippen molar-refractivity contribution >= 4 is 17.1 Å². The van der Waals surface area contributed by atoms with Gasteiger partial charge in [-0.3, -0.25) is 4.79 Å². The lowest BCUT2D eigenvalue weighted by molar-refractivity contribution is 0.144. The molecule has 0 fully saturated rings. The van der Waals surface area contributed by atoms with Crippen LogP contribution in [0.4, 0.5) is 4.79 Å². The number of carbonyl (C=O) groups is 1. The first-order chi connectivity index (χ1) is 7.56. The lowest BCUT2D eigenvalue weighted by Gasteiger charge is -2.02. The first kappa shape index (κ1) is 10.2. The van der Waals surface area contributed by atoms with Gasteiger partial charge in [0.05, 0.1) is 0 Å². The molecule has 0 radical (unpaired) electrons. The second kappa shape index (κ2) is 3.69. The zero-order chi connectivity index (χ0) is 11.7. The highest BCUT2D eigenvalue weighted by Gasteiger charge is 2.07. The molecule has 2 aromatic rings. The van der Waals surface area contributed by atoms with Crippen LogP contribution in [-0.4, -0.2) is 16.2 Å². The summed E-state index contributed by atoms with van der Waals surface area (Å²) in [5, 5.41) is 9.18. The minimum atomic E-state index is -1.50. The SMILES string of the molecule is Cc1ccc2[nH]c(=O)c(OC(=O)O)cc2c1. The molecular weight excluding hydrogens is 210 g/mol. The van der Waals surface area contributed by atoms with Gasteiger partial charge >= 0.3 is 6.16 Å². The van der Waals surface area contributed by atoms with E-state index < -0.39 is 11.7 Å². The van der Waals surface area contributed by atoms with Crippen LogP contribution in [0.3, 0.4) is 0 Å². The van der Waals surface area contributed by atoms with Crippen molar-refractivity contribution in [3.63, 3.8) is 0 Å². The molecule has 0 unspecified atom stereocenters. The summed E-state index contributed by atoms with van der Waals surface area (Å²) in [4.78, 5) is 24.3. The molecule has 16 heavy (non-hydrogen) atoms. The van der Waals surface area contributed by atoms with Gasteiger partial charge in [-0.05, 0) is 25.1 Å². The maximum Gasteiger partial charge on any atom is 0.511 e. The van der Waals surface area contributed by atoms with Crippen molar-refractivity contribution in [2.45, 2.75) is 6.92 Å². The van der Waals surface area contributed by atoms with Gasteiger partial charge in [0.1, 0.15) is 0 Å². The van der Waals surface area contributed by atoms with E-state index in [1.807, 2.05) is 19.1 Å². The van der Waals surface area contributed by atoms with Crippen LogP contribution < -0.4 is 10.3 Å². The zero-order valence-electron chi connectivity index (χ0n) is 8.48. The minimum absolute atomic E-state index is 0.217. The molecule has 5 heteroatoms. The predicted octanol–water partition coefficient (Wildman–Crippen LogP) is 1.89. The quantitative estimate of drug-likeness (QED) is 0.718. The Morgan fingerprint density at radius 3 is 2.81 bits per heavy atom. The van der Waals surface area contributed by atoms with Crippen LogP contribution >= 0.6 is 0 Å². The van der Waals surface area contributed by atoms with E-state index in [9.17, 15) is 9.59 Å². The van der Waals surface area contributed by atoms with Crippen LogP contribution in [0.15, 0.2) is 29.1 Å². The predicted molar refractivity (Wildman–Crippen MR) is 58.0 cm³/mol. The molecule has 1 aromatic carbocycles. The fourth-order valence-corrected chi connectivity index (χ4v) is 1.48. The summed E-state index contributed by atoms with van der Waals surface area (Å²) >= 11 is 0. The van der Waals surface area contributed by atoms with Crippen LogP contribution in [0.5, 0.6) is 5.75 Å². The Hall–Kier alpha value is -2.30. The zero-order valence-corrected chi connectivity index (χ0v) is 8.48. The molecule has 0 spiro atoms. The number of fused-ring (bicyclic) bond motifs is 1. The summed E-state index contributed by atoms with van der Waals surface area (Å²) in [6.07, 6.45) is -1.50. The Bertz CT molecular complexity index is 615. The third-order valence-corrected chi connectivity index (χ3v) is 2.16. The topological polar surface area (TPSA) is 79.4 Å². The number of carboxylic acid groups (broad SMARTS) is 1. The van der Waals surface area contributed by atoms with Crippen molar-refractivity contribution in [3.05, 3.63) is 40.2 Å². The molecule has 2 rings (SSSR count). The molecular formula is C11H9NO4. The van der Waals surface area contributed by atoms with E-state index in [1.165, 1.54) is 6.07 Å². The molecule has 0 atom stereocenters. The Balaban J connectivity index is 2.64. The standard InChI is InChI=1S/C11H9NO4/c1-6-2-3-8-7(4-6)5-9(10(13)12-8)16-11(14)15/h2-5H,1H3,(H,12,13)(H,14,15). The summed E-state index contributed by atoms with van der Waals surface area (Å²) in [5.41, 5.74) is 1.10. The highest BCUT2D eigenvalue weighted by Crippen LogP contribution is 2.16. The molecule has 82 valence electrons. The van der Waals surface area contributed by atoms with Crippen molar-refractivity contribution in [1.29, 1.82) is 0 Å². The summed E-state index contributed by atoms with van der Waals surface area (Å²) in [5.74, 6) is -0.217. The van der Waals surface area contributed by atoms with Gasteiger partial charge < -0.3 is 14.8 Å². The molecule has 0 aliphatic heterocycles. The summed E-state index contributed by atoms with van der Waals surface area (Å²) in [6.45, 7) is 1.91. The molecule has 0 aliphatic rings. The van der Waals surface area contributed by atoms with Crippen LogP contribution in [0.1, 0.15) is 5.56 Å². The van der Waals surface area contributed by atoms with Crippen molar-refractivity contribution in [2.24, 2.45) is 0 Å².